The summed E-state index contributed by atoms with van der Waals surface area (Å²) in [6.07, 6.45) is 0. The number of hydrogen-bond donors (Lipinski definition) is 1. The molecule has 0 amide bonds. The number of aromatic hydroxyl groups is 1. The summed E-state index contributed by atoms with van der Waals surface area (Å²) < 4.78 is 10.7. The Morgan fingerprint density at radius 3 is 2.31 bits per heavy atom. The number of carbonyl (C=O) groups is 2. The predicted molar refractivity (Wildman–Crippen MR) is 100.0 cm³/mol. The topological polar surface area (TPSA) is 134 Å². The number of phenolic OH excluding ortho intramolecular Hbond substituents is 1. The molecule has 0 saturated carbocycles. The molecule has 29 heavy (non-hydrogen) atoms. The van der Waals surface area contributed by atoms with E-state index in [1.165, 1.54) is 0 Å². The van der Waals surface area contributed by atoms with E-state index in [1.807, 2.05) is 0 Å². The third kappa shape index (κ3) is 3.50. The number of hydrogen-bond acceptors (Lipinski definition) is 8. The van der Waals surface area contributed by atoms with Gasteiger partial charge >= 0.3 is 11.9 Å². The Labute approximate surface area is 164 Å². The lowest BCUT2D eigenvalue weighted by Gasteiger charge is -2.07. The summed E-state index contributed by atoms with van der Waals surface area (Å²) in [7, 11) is 2.25. The third-order valence-electron chi connectivity index (χ3n) is 4.10. The molecule has 0 bridgehead atoms. The number of esters is 2. The van der Waals surface area contributed by atoms with Crippen LogP contribution in [0.15, 0.2) is 48.5 Å². The van der Waals surface area contributed by atoms with E-state index in [0.29, 0.717) is 5.69 Å². The molecule has 1 N–H and O–H groups in total. The molecule has 10 nitrogen and oxygen atoms in total. The van der Waals surface area contributed by atoms with Crippen LogP contribution in [0.3, 0.4) is 0 Å². The molecule has 0 radical (unpaired) electrons. The van der Waals surface area contributed by atoms with Gasteiger partial charge in [-0.05, 0) is 18.2 Å². The number of ether oxygens (including phenoxy) is 2. The van der Waals surface area contributed by atoms with E-state index < -0.39 is 16.9 Å². The van der Waals surface area contributed by atoms with Crippen LogP contribution < -0.4 is 0 Å². The molecule has 1 heterocycles. The Kier molecular flexibility index (Phi) is 5.26. The van der Waals surface area contributed by atoms with Gasteiger partial charge < -0.3 is 14.6 Å². The fraction of sp³-hybridized carbons (Fsp3) is 0.105. The zero-order chi connectivity index (χ0) is 21.1. The molecule has 148 valence electrons. The van der Waals surface area contributed by atoms with Crippen LogP contribution in [0.2, 0.25) is 0 Å². The van der Waals surface area contributed by atoms with Crippen molar-refractivity contribution >= 4 is 17.6 Å². The number of carbonyl (C=O) groups excluding carboxylic acids is 2. The van der Waals surface area contributed by atoms with Crippen molar-refractivity contribution in [3.63, 3.8) is 0 Å². The molecular weight excluding hydrogens is 382 g/mol. The Balaban J connectivity index is 2.40. The van der Waals surface area contributed by atoms with Gasteiger partial charge in [0.25, 0.3) is 5.69 Å². The molecule has 10 heteroatoms. The van der Waals surface area contributed by atoms with Gasteiger partial charge in [-0.1, -0.05) is 18.2 Å². The number of aromatic nitrogens is 2. The number of methoxy groups -OCH3 is 2. The van der Waals surface area contributed by atoms with Crippen LogP contribution in [0.4, 0.5) is 5.69 Å². The SMILES string of the molecule is COC(=O)c1c(-c2cc([N+](=O)[O-])ccc2O)nn(-c2ccccc2)c1C(=O)OC. The number of para-hydroxylation sites is 1. The molecule has 3 rings (SSSR count). The maximum atomic E-state index is 12.5. The Morgan fingerprint density at radius 1 is 1.07 bits per heavy atom. The summed E-state index contributed by atoms with van der Waals surface area (Å²) >= 11 is 0. The number of nitro benzene ring substituents is 1. The average Bonchev–Trinajstić information content (AvgIpc) is 3.13. The molecule has 3 aromatic rings. The summed E-state index contributed by atoms with van der Waals surface area (Å²) in [5, 5.41) is 25.7. The van der Waals surface area contributed by atoms with Crippen LogP contribution in [-0.2, 0) is 9.47 Å². The van der Waals surface area contributed by atoms with Gasteiger partial charge in [-0.15, -0.1) is 0 Å². The second-order valence-corrected chi connectivity index (χ2v) is 5.76. The van der Waals surface area contributed by atoms with E-state index in [9.17, 15) is 24.8 Å². The second kappa shape index (κ2) is 7.80. The molecule has 0 fully saturated rings. The summed E-state index contributed by atoms with van der Waals surface area (Å²) in [4.78, 5) is 35.5. The van der Waals surface area contributed by atoms with Gasteiger partial charge in [0, 0.05) is 12.1 Å². The van der Waals surface area contributed by atoms with E-state index in [2.05, 4.69) is 5.10 Å². The fourth-order valence-corrected chi connectivity index (χ4v) is 2.77. The average molecular weight is 397 g/mol. The molecule has 0 atom stereocenters. The molecule has 0 spiro atoms. The first-order chi connectivity index (χ1) is 13.9. The molecule has 0 unspecified atom stereocenters. The molecule has 0 aliphatic carbocycles. The van der Waals surface area contributed by atoms with Crippen molar-refractivity contribution in [2.24, 2.45) is 0 Å². The van der Waals surface area contributed by atoms with E-state index in [0.717, 1.165) is 37.1 Å². The number of benzene rings is 2. The Morgan fingerprint density at radius 2 is 1.72 bits per heavy atom. The fourth-order valence-electron chi connectivity index (χ4n) is 2.77. The molecular formula is C19H15N3O7. The van der Waals surface area contributed by atoms with Crippen molar-refractivity contribution in [3.05, 3.63) is 69.9 Å². The van der Waals surface area contributed by atoms with E-state index in [-0.39, 0.29) is 34.0 Å². The van der Waals surface area contributed by atoms with Crippen LogP contribution in [0, 0.1) is 10.1 Å². The summed E-state index contributed by atoms with van der Waals surface area (Å²) in [5.41, 5.74) is -0.719. The van der Waals surface area contributed by atoms with Crippen molar-refractivity contribution in [1.29, 1.82) is 0 Å². The van der Waals surface area contributed by atoms with Crippen LogP contribution in [0.25, 0.3) is 16.9 Å². The van der Waals surface area contributed by atoms with Gasteiger partial charge in [-0.2, -0.15) is 5.10 Å². The smallest absolute Gasteiger partial charge is 0.357 e. The summed E-state index contributed by atoms with van der Waals surface area (Å²) in [6, 6.07) is 11.7. The number of nitro groups is 1. The summed E-state index contributed by atoms with van der Waals surface area (Å²) in [5.74, 6) is -2.17. The monoisotopic (exact) mass is 397 g/mol. The number of rotatable bonds is 5. The van der Waals surface area contributed by atoms with Crippen molar-refractivity contribution < 1.29 is 29.1 Å². The highest BCUT2D eigenvalue weighted by molar-refractivity contribution is 6.07. The maximum absolute atomic E-state index is 12.5. The van der Waals surface area contributed by atoms with Crippen LogP contribution in [0.5, 0.6) is 5.75 Å². The molecule has 2 aromatic carbocycles. The minimum absolute atomic E-state index is 0.112. The first-order valence-corrected chi connectivity index (χ1v) is 8.21. The molecule has 0 aliphatic heterocycles. The minimum Gasteiger partial charge on any atom is -0.507 e. The van der Waals surface area contributed by atoms with Crippen LogP contribution in [-0.4, -0.2) is 46.0 Å². The van der Waals surface area contributed by atoms with Gasteiger partial charge in [0.1, 0.15) is 17.0 Å². The quantitative estimate of drug-likeness (QED) is 0.395. The zero-order valence-corrected chi connectivity index (χ0v) is 15.4. The zero-order valence-electron chi connectivity index (χ0n) is 15.4. The maximum Gasteiger partial charge on any atom is 0.357 e. The van der Waals surface area contributed by atoms with E-state index in [1.54, 1.807) is 30.3 Å². The van der Waals surface area contributed by atoms with E-state index >= 15 is 0 Å². The lowest BCUT2D eigenvalue weighted by Crippen LogP contribution is -2.15. The predicted octanol–water partition coefficient (Wildman–Crippen LogP) is 2.73. The number of nitrogens with zero attached hydrogens (tertiary/aromatic N) is 3. The van der Waals surface area contributed by atoms with Gasteiger partial charge in [0.15, 0.2) is 5.69 Å². The molecule has 0 saturated heterocycles. The van der Waals surface area contributed by atoms with Gasteiger partial charge in [-0.3, -0.25) is 10.1 Å². The van der Waals surface area contributed by atoms with Gasteiger partial charge in [-0.25, -0.2) is 14.3 Å². The largest absolute Gasteiger partial charge is 0.507 e. The molecule has 0 aliphatic rings. The lowest BCUT2D eigenvalue weighted by atomic mass is 10.0. The van der Waals surface area contributed by atoms with Crippen molar-refractivity contribution in [3.8, 4) is 22.7 Å². The highest BCUT2D eigenvalue weighted by Gasteiger charge is 2.32. The first-order valence-electron chi connectivity index (χ1n) is 8.21. The van der Waals surface area contributed by atoms with Gasteiger partial charge in [0.05, 0.1) is 30.4 Å². The number of non-ortho nitro benzene ring substituents is 1. The normalized spacial score (nSPS) is 10.4. The van der Waals surface area contributed by atoms with E-state index in [4.69, 9.17) is 9.47 Å². The van der Waals surface area contributed by atoms with Gasteiger partial charge in [0.2, 0.25) is 0 Å². The Hall–Kier alpha value is -4.21. The first kappa shape index (κ1) is 19.5. The van der Waals surface area contributed by atoms with Crippen molar-refractivity contribution in [1.82, 2.24) is 9.78 Å². The van der Waals surface area contributed by atoms with Crippen molar-refractivity contribution in [2.75, 3.05) is 14.2 Å². The van der Waals surface area contributed by atoms with Crippen LogP contribution in [0.1, 0.15) is 20.8 Å². The Bertz CT molecular complexity index is 1110. The standard InChI is InChI=1S/C19H15N3O7/c1-28-18(24)15-16(13-10-12(22(26)27)8-9-14(13)23)20-21(17(15)19(25)29-2)11-6-4-3-5-7-11/h3-10,23H,1-2H3. The number of phenols is 1. The lowest BCUT2D eigenvalue weighted by molar-refractivity contribution is -0.384. The highest BCUT2D eigenvalue weighted by Crippen LogP contribution is 2.36. The third-order valence-corrected chi connectivity index (χ3v) is 4.10. The summed E-state index contributed by atoms with van der Waals surface area (Å²) in [6.45, 7) is 0. The second-order valence-electron chi connectivity index (χ2n) is 5.76. The molecule has 1 aromatic heterocycles. The van der Waals surface area contributed by atoms with Crippen molar-refractivity contribution in [2.45, 2.75) is 0 Å². The highest BCUT2D eigenvalue weighted by atomic mass is 16.6. The van der Waals surface area contributed by atoms with Crippen LogP contribution >= 0.6 is 0 Å². The minimum atomic E-state index is -0.923.